The van der Waals surface area contributed by atoms with Crippen molar-refractivity contribution in [3.8, 4) is 5.75 Å². The van der Waals surface area contributed by atoms with Crippen molar-refractivity contribution in [2.45, 2.75) is 59.5 Å². The second kappa shape index (κ2) is 7.33. The van der Waals surface area contributed by atoms with Gasteiger partial charge < -0.3 is 10.1 Å². The lowest BCUT2D eigenvalue weighted by Crippen LogP contribution is -2.40. The Labute approximate surface area is 128 Å². The average molecular weight is 298 g/mol. The van der Waals surface area contributed by atoms with Gasteiger partial charge in [0.25, 0.3) is 0 Å². The van der Waals surface area contributed by atoms with Gasteiger partial charge in [-0.1, -0.05) is 32.4 Å². The van der Waals surface area contributed by atoms with Gasteiger partial charge in [-0.3, -0.25) is 0 Å². The van der Waals surface area contributed by atoms with Crippen LogP contribution in [0, 0.1) is 6.92 Å². The minimum absolute atomic E-state index is 0.237. The van der Waals surface area contributed by atoms with E-state index in [0.29, 0.717) is 5.92 Å². The molecule has 0 atom stereocenters. The van der Waals surface area contributed by atoms with E-state index in [9.17, 15) is 0 Å². The molecule has 0 heterocycles. The molecule has 0 aliphatic heterocycles. The van der Waals surface area contributed by atoms with Gasteiger partial charge in [-0.15, -0.1) is 0 Å². The molecule has 0 bridgehead atoms. The van der Waals surface area contributed by atoms with Crippen LogP contribution < -0.4 is 10.1 Å². The quantitative estimate of drug-likeness (QED) is 0.721. The van der Waals surface area contributed by atoms with Gasteiger partial charge in [0.1, 0.15) is 11.4 Å². The average Bonchev–Trinajstić information content (AvgIpc) is 2.33. The smallest absolute Gasteiger partial charge is 0.124 e. The highest BCUT2D eigenvalue weighted by molar-refractivity contribution is 6.31. The van der Waals surface area contributed by atoms with Gasteiger partial charge in [-0.25, -0.2) is 0 Å². The second-order valence-corrected chi connectivity index (χ2v) is 6.74. The van der Waals surface area contributed by atoms with E-state index in [-0.39, 0.29) is 5.60 Å². The molecule has 1 rings (SSSR count). The zero-order chi connectivity index (χ0) is 15.3. The summed E-state index contributed by atoms with van der Waals surface area (Å²) in [5, 5.41) is 4.23. The molecule has 0 fully saturated rings. The fraction of sp³-hybridized carbons (Fsp3) is 0.647. The van der Waals surface area contributed by atoms with E-state index in [1.807, 2.05) is 13.0 Å². The number of halogens is 1. The third-order valence-corrected chi connectivity index (χ3v) is 3.68. The van der Waals surface area contributed by atoms with Gasteiger partial charge >= 0.3 is 0 Å². The normalized spacial score (nSPS) is 12.0. The van der Waals surface area contributed by atoms with E-state index in [0.717, 1.165) is 35.8 Å². The largest absolute Gasteiger partial charge is 0.486 e. The molecule has 0 amide bonds. The van der Waals surface area contributed by atoms with E-state index < -0.39 is 0 Å². The fourth-order valence-corrected chi connectivity index (χ4v) is 2.28. The van der Waals surface area contributed by atoms with Crippen molar-refractivity contribution in [1.29, 1.82) is 0 Å². The summed E-state index contributed by atoms with van der Waals surface area (Å²) >= 11 is 6.24. The summed E-state index contributed by atoms with van der Waals surface area (Å²) in [4.78, 5) is 0. The zero-order valence-electron chi connectivity index (χ0n) is 13.6. The molecule has 3 heteroatoms. The van der Waals surface area contributed by atoms with Crippen molar-refractivity contribution >= 4 is 11.6 Å². The van der Waals surface area contributed by atoms with Crippen LogP contribution in [0.2, 0.25) is 5.02 Å². The topological polar surface area (TPSA) is 21.3 Å². The molecule has 1 aromatic carbocycles. The molecule has 114 valence electrons. The standard InChI is InChI=1S/C17H28ClNO/c1-7-8-19-11-17(5,6)20-16-9-13(4)15(18)10-14(16)12(2)3/h9-10,12,19H,7-8,11H2,1-6H3. The predicted octanol–water partition coefficient (Wildman–Crippen LogP) is 4.93. The van der Waals surface area contributed by atoms with Crippen molar-refractivity contribution in [3.63, 3.8) is 0 Å². The van der Waals surface area contributed by atoms with E-state index >= 15 is 0 Å². The van der Waals surface area contributed by atoms with Crippen molar-refractivity contribution in [3.05, 3.63) is 28.3 Å². The first-order valence-electron chi connectivity index (χ1n) is 7.46. The predicted molar refractivity (Wildman–Crippen MR) is 88.1 cm³/mol. The first-order chi connectivity index (χ1) is 9.26. The summed E-state index contributed by atoms with van der Waals surface area (Å²) in [6.07, 6.45) is 1.13. The maximum absolute atomic E-state index is 6.26. The highest BCUT2D eigenvalue weighted by atomic mass is 35.5. The van der Waals surface area contributed by atoms with Crippen LogP contribution in [0.15, 0.2) is 12.1 Å². The Morgan fingerprint density at radius 3 is 2.50 bits per heavy atom. The Bertz CT molecular complexity index is 441. The lowest BCUT2D eigenvalue weighted by Gasteiger charge is -2.29. The lowest BCUT2D eigenvalue weighted by atomic mass is 10.00. The first-order valence-corrected chi connectivity index (χ1v) is 7.84. The highest BCUT2D eigenvalue weighted by Crippen LogP contribution is 2.33. The van der Waals surface area contributed by atoms with Crippen LogP contribution >= 0.6 is 11.6 Å². The Hall–Kier alpha value is -0.730. The number of ether oxygens (including phenoxy) is 1. The SMILES string of the molecule is CCCNCC(C)(C)Oc1cc(C)c(Cl)cc1C(C)C. The van der Waals surface area contributed by atoms with Gasteiger partial charge in [0.15, 0.2) is 0 Å². The number of aryl methyl sites for hydroxylation is 1. The summed E-state index contributed by atoms with van der Waals surface area (Å²) in [6, 6.07) is 4.09. The van der Waals surface area contributed by atoms with Crippen LogP contribution in [0.5, 0.6) is 5.75 Å². The molecular formula is C17H28ClNO. The molecule has 0 spiro atoms. The summed E-state index contributed by atoms with van der Waals surface area (Å²) in [6.45, 7) is 14.6. The van der Waals surface area contributed by atoms with Crippen molar-refractivity contribution in [2.75, 3.05) is 13.1 Å². The Morgan fingerprint density at radius 2 is 1.95 bits per heavy atom. The van der Waals surface area contributed by atoms with Crippen molar-refractivity contribution < 1.29 is 4.74 Å². The van der Waals surface area contributed by atoms with Crippen molar-refractivity contribution in [2.24, 2.45) is 0 Å². The summed E-state index contributed by atoms with van der Waals surface area (Å²) in [5.74, 6) is 1.34. The maximum atomic E-state index is 6.26. The third-order valence-electron chi connectivity index (χ3n) is 3.28. The molecule has 2 nitrogen and oxygen atoms in total. The van der Waals surface area contributed by atoms with Crippen molar-refractivity contribution in [1.82, 2.24) is 5.32 Å². The monoisotopic (exact) mass is 297 g/mol. The highest BCUT2D eigenvalue weighted by Gasteiger charge is 2.22. The van der Waals surface area contributed by atoms with Gasteiger partial charge in [-0.05, 0) is 62.9 Å². The van der Waals surface area contributed by atoms with Crippen LogP contribution in [-0.2, 0) is 0 Å². The molecule has 0 saturated heterocycles. The Kier molecular flexibility index (Phi) is 6.35. The minimum atomic E-state index is -0.237. The molecule has 1 N–H and O–H groups in total. The van der Waals surface area contributed by atoms with Crippen LogP contribution in [0.25, 0.3) is 0 Å². The minimum Gasteiger partial charge on any atom is -0.486 e. The van der Waals surface area contributed by atoms with Crippen LogP contribution in [0.3, 0.4) is 0 Å². The number of hydrogen-bond acceptors (Lipinski definition) is 2. The molecule has 0 radical (unpaired) electrons. The van der Waals surface area contributed by atoms with E-state index in [1.165, 1.54) is 5.56 Å². The number of rotatable bonds is 7. The second-order valence-electron chi connectivity index (χ2n) is 6.33. The summed E-state index contributed by atoms with van der Waals surface area (Å²) in [7, 11) is 0. The fourth-order valence-electron chi connectivity index (χ4n) is 2.11. The number of nitrogens with one attached hydrogen (secondary N) is 1. The molecule has 0 aliphatic carbocycles. The molecule has 0 aromatic heterocycles. The lowest BCUT2D eigenvalue weighted by molar-refractivity contribution is 0.106. The summed E-state index contributed by atoms with van der Waals surface area (Å²) < 4.78 is 6.26. The molecular weight excluding hydrogens is 270 g/mol. The summed E-state index contributed by atoms with van der Waals surface area (Å²) in [5.41, 5.74) is 1.99. The molecule has 1 aromatic rings. The number of hydrogen-bond donors (Lipinski definition) is 1. The van der Waals surface area contributed by atoms with Crippen LogP contribution in [-0.4, -0.2) is 18.7 Å². The van der Waals surface area contributed by atoms with E-state index in [1.54, 1.807) is 0 Å². The Morgan fingerprint density at radius 1 is 1.30 bits per heavy atom. The van der Waals surface area contributed by atoms with Gasteiger partial charge in [0.05, 0.1) is 0 Å². The van der Waals surface area contributed by atoms with E-state index in [2.05, 4.69) is 46.0 Å². The first kappa shape index (κ1) is 17.3. The van der Waals surface area contributed by atoms with Crippen LogP contribution in [0.1, 0.15) is 58.1 Å². The molecule has 20 heavy (non-hydrogen) atoms. The Balaban J connectivity index is 2.92. The zero-order valence-corrected chi connectivity index (χ0v) is 14.4. The maximum Gasteiger partial charge on any atom is 0.124 e. The van der Waals surface area contributed by atoms with E-state index in [4.69, 9.17) is 16.3 Å². The van der Waals surface area contributed by atoms with Gasteiger partial charge in [0.2, 0.25) is 0 Å². The van der Waals surface area contributed by atoms with Gasteiger partial charge in [-0.2, -0.15) is 0 Å². The molecule has 0 unspecified atom stereocenters. The van der Waals surface area contributed by atoms with Crippen LogP contribution in [0.4, 0.5) is 0 Å². The third kappa shape index (κ3) is 4.99. The molecule has 0 saturated carbocycles. The molecule has 0 aliphatic rings. The number of benzene rings is 1. The van der Waals surface area contributed by atoms with Gasteiger partial charge in [0, 0.05) is 11.6 Å².